The van der Waals surface area contributed by atoms with Gasteiger partial charge < -0.3 is 4.90 Å². The van der Waals surface area contributed by atoms with Crippen molar-refractivity contribution in [2.75, 3.05) is 19.6 Å². The van der Waals surface area contributed by atoms with Crippen LogP contribution in [0, 0.1) is 5.41 Å². The number of amides is 1. The molecule has 2 unspecified atom stereocenters. The molecule has 29 heavy (non-hydrogen) atoms. The summed E-state index contributed by atoms with van der Waals surface area (Å²) in [5.74, 6) is 1.03. The molecule has 0 radical (unpaired) electrons. The van der Waals surface area contributed by atoms with Crippen LogP contribution in [0.4, 0.5) is 0 Å². The van der Waals surface area contributed by atoms with E-state index in [0.29, 0.717) is 18.4 Å². The number of hydrogen-bond acceptors (Lipinski definition) is 4. The smallest absolute Gasteiger partial charge is 0.261 e. The maximum absolute atomic E-state index is 12.8. The van der Waals surface area contributed by atoms with E-state index in [2.05, 4.69) is 39.5 Å². The monoisotopic (exact) mass is 398 g/mol. The average Bonchev–Trinajstić information content (AvgIpc) is 2.65. The highest BCUT2D eigenvalue weighted by Crippen LogP contribution is 2.27. The van der Waals surface area contributed by atoms with Crippen LogP contribution < -0.4 is 5.56 Å². The fourth-order valence-corrected chi connectivity index (χ4v) is 4.33. The maximum Gasteiger partial charge on any atom is 0.261 e. The van der Waals surface area contributed by atoms with Gasteiger partial charge in [0.1, 0.15) is 5.82 Å². The lowest BCUT2D eigenvalue weighted by Gasteiger charge is -2.43. The molecular formula is C23H34N4O2. The van der Waals surface area contributed by atoms with Crippen molar-refractivity contribution in [1.82, 2.24) is 19.4 Å². The molecule has 3 rings (SSSR count). The predicted molar refractivity (Wildman–Crippen MR) is 117 cm³/mol. The average molecular weight is 399 g/mol. The fraction of sp³-hybridized carbons (Fsp3) is 0.609. The number of fused-ring (bicyclic) bond motifs is 1. The molecule has 1 amide bonds. The van der Waals surface area contributed by atoms with Gasteiger partial charge in [-0.25, -0.2) is 4.98 Å². The van der Waals surface area contributed by atoms with E-state index in [1.54, 1.807) is 4.57 Å². The van der Waals surface area contributed by atoms with Crippen molar-refractivity contribution in [2.24, 2.45) is 12.5 Å². The first-order valence-electron chi connectivity index (χ1n) is 10.6. The van der Waals surface area contributed by atoms with Gasteiger partial charge in [-0.2, -0.15) is 0 Å². The molecule has 0 saturated carbocycles. The highest BCUT2D eigenvalue weighted by atomic mass is 16.2. The summed E-state index contributed by atoms with van der Waals surface area (Å²) in [7, 11) is 1.81. The summed E-state index contributed by atoms with van der Waals surface area (Å²) in [6.45, 7) is 12.9. The Morgan fingerprint density at radius 2 is 1.93 bits per heavy atom. The minimum Gasteiger partial charge on any atom is -0.337 e. The molecule has 6 heteroatoms. The largest absolute Gasteiger partial charge is 0.337 e. The van der Waals surface area contributed by atoms with Gasteiger partial charge in [-0.15, -0.1) is 0 Å². The number of piperazine rings is 1. The molecule has 1 saturated heterocycles. The van der Waals surface area contributed by atoms with Crippen LogP contribution in [0.25, 0.3) is 10.9 Å². The van der Waals surface area contributed by atoms with Crippen LogP contribution in [-0.4, -0.2) is 50.9 Å². The van der Waals surface area contributed by atoms with E-state index < -0.39 is 0 Å². The van der Waals surface area contributed by atoms with Crippen molar-refractivity contribution in [3.63, 3.8) is 0 Å². The zero-order valence-electron chi connectivity index (χ0n) is 18.6. The molecule has 0 N–H and O–H groups in total. The second-order valence-electron chi connectivity index (χ2n) is 9.44. The molecule has 1 aromatic heterocycles. The molecular weight excluding hydrogens is 364 g/mol. The van der Waals surface area contributed by atoms with Gasteiger partial charge >= 0.3 is 0 Å². The Morgan fingerprint density at radius 1 is 1.24 bits per heavy atom. The van der Waals surface area contributed by atoms with Crippen molar-refractivity contribution >= 4 is 16.8 Å². The van der Waals surface area contributed by atoms with E-state index in [-0.39, 0.29) is 29.0 Å². The number of aromatic nitrogens is 2. The van der Waals surface area contributed by atoms with E-state index >= 15 is 0 Å². The second kappa shape index (κ2) is 8.27. The standard InChI is InChI=1S/C23H34N4O2/c1-7-19(21-24-18-11-9-8-10-17(18)22(29)25(21)6)26-12-13-27(16(2)15-26)20(28)14-23(3,4)5/h8-11,16,19H,7,12-15H2,1-6H3. The number of carbonyl (C=O) groups excluding carboxylic acids is 1. The maximum atomic E-state index is 12.8. The summed E-state index contributed by atoms with van der Waals surface area (Å²) in [6.07, 6.45) is 1.43. The Hall–Kier alpha value is -2.21. The lowest BCUT2D eigenvalue weighted by Crippen LogP contribution is -2.55. The van der Waals surface area contributed by atoms with Crippen LogP contribution in [0.1, 0.15) is 59.3 Å². The van der Waals surface area contributed by atoms with E-state index in [9.17, 15) is 9.59 Å². The van der Waals surface area contributed by atoms with E-state index in [1.807, 2.05) is 36.2 Å². The third-order valence-electron chi connectivity index (χ3n) is 5.80. The zero-order chi connectivity index (χ0) is 21.3. The molecule has 2 aromatic rings. The van der Waals surface area contributed by atoms with Crippen LogP contribution in [0.5, 0.6) is 0 Å². The van der Waals surface area contributed by atoms with E-state index in [0.717, 1.165) is 30.9 Å². The Balaban J connectivity index is 1.84. The van der Waals surface area contributed by atoms with Crippen LogP contribution >= 0.6 is 0 Å². The first kappa shape index (κ1) is 21.5. The molecule has 2 heterocycles. The fourth-order valence-electron chi connectivity index (χ4n) is 4.33. The number of hydrogen-bond donors (Lipinski definition) is 0. The van der Waals surface area contributed by atoms with Gasteiger partial charge in [0.15, 0.2) is 0 Å². The number of rotatable bonds is 4. The molecule has 158 valence electrons. The van der Waals surface area contributed by atoms with Crippen LogP contribution in [0.2, 0.25) is 0 Å². The number of benzene rings is 1. The molecule has 1 aliphatic rings. The Kier molecular flexibility index (Phi) is 6.13. The minimum atomic E-state index is -0.00676. The summed E-state index contributed by atoms with van der Waals surface area (Å²) in [5.41, 5.74) is 0.736. The molecule has 1 aromatic carbocycles. The number of carbonyl (C=O) groups is 1. The Bertz CT molecular complexity index is 944. The lowest BCUT2D eigenvalue weighted by atomic mass is 9.91. The van der Waals surface area contributed by atoms with Gasteiger partial charge in [0.05, 0.1) is 16.9 Å². The quantitative estimate of drug-likeness (QED) is 0.792. The topological polar surface area (TPSA) is 58.4 Å². The van der Waals surface area contributed by atoms with E-state index in [4.69, 9.17) is 4.98 Å². The van der Waals surface area contributed by atoms with Crippen molar-refractivity contribution in [1.29, 1.82) is 0 Å². The third kappa shape index (κ3) is 4.53. The highest BCUT2D eigenvalue weighted by molar-refractivity contribution is 5.78. The first-order valence-corrected chi connectivity index (χ1v) is 10.6. The van der Waals surface area contributed by atoms with E-state index in [1.165, 1.54) is 0 Å². The van der Waals surface area contributed by atoms with Crippen LogP contribution in [0.15, 0.2) is 29.1 Å². The van der Waals surface area contributed by atoms with Crippen molar-refractivity contribution in [3.8, 4) is 0 Å². The summed E-state index contributed by atoms with van der Waals surface area (Å²) in [5, 5.41) is 0.652. The minimum absolute atomic E-state index is 0.00362. The molecule has 1 aliphatic heterocycles. The molecule has 0 spiro atoms. The zero-order valence-corrected chi connectivity index (χ0v) is 18.6. The molecule has 0 aliphatic carbocycles. The molecule has 6 nitrogen and oxygen atoms in total. The highest BCUT2D eigenvalue weighted by Gasteiger charge is 2.33. The second-order valence-corrected chi connectivity index (χ2v) is 9.44. The van der Waals surface area contributed by atoms with Crippen LogP contribution in [0.3, 0.4) is 0 Å². The van der Waals surface area contributed by atoms with Crippen LogP contribution in [-0.2, 0) is 11.8 Å². The third-order valence-corrected chi connectivity index (χ3v) is 5.80. The van der Waals surface area contributed by atoms with Gasteiger partial charge in [-0.3, -0.25) is 19.1 Å². The molecule has 1 fully saturated rings. The van der Waals surface area contributed by atoms with Gasteiger partial charge in [0.2, 0.25) is 5.91 Å². The van der Waals surface area contributed by atoms with Gasteiger partial charge in [-0.1, -0.05) is 39.8 Å². The normalized spacial score (nSPS) is 19.5. The van der Waals surface area contributed by atoms with Crippen molar-refractivity contribution < 1.29 is 4.79 Å². The van der Waals surface area contributed by atoms with Crippen molar-refractivity contribution in [3.05, 3.63) is 40.4 Å². The number of nitrogens with zero attached hydrogens (tertiary/aromatic N) is 4. The lowest BCUT2D eigenvalue weighted by molar-refractivity contribution is -0.138. The Labute approximate surface area is 173 Å². The predicted octanol–water partition coefficient (Wildman–Crippen LogP) is 3.35. The summed E-state index contributed by atoms with van der Waals surface area (Å²) in [6, 6.07) is 7.72. The molecule has 2 atom stereocenters. The van der Waals surface area contributed by atoms with Gasteiger partial charge in [0.25, 0.3) is 5.56 Å². The first-order chi connectivity index (χ1) is 13.6. The summed E-state index contributed by atoms with van der Waals surface area (Å²) in [4.78, 5) is 34.8. The Morgan fingerprint density at radius 3 is 2.55 bits per heavy atom. The van der Waals surface area contributed by atoms with Crippen molar-refractivity contribution in [2.45, 2.75) is 59.5 Å². The molecule has 0 bridgehead atoms. The van der Waals surface area contributed by atoms with Gasteiger partial charge in [0, 0.05) is 39.1 Å². The van der Waals surface area contributed by atoms with Gasteiger partial charge in [-0.05, 0) is 30.9 Å². The summed E-state index contributed by atoms with van der Waals surface area (Å²) < 4.78 is 1.69. The summed E-state index contributed by atoms with van der Waals surface area (Å²) >= 11 is 0. The number of para-hydroxylation sites is 1. The SMILES string of the molecule is CCC(c1nc2ccccc2c(=O)n1C)N1CCN(C(=O)CC(C)(C)C)C(C)C1.